The van der Waals surface area contributed by atoms with Crippen LogP contribution in [0.1, 0.15) is 16.1 Å². The van der Waals surface area contributed by atoms with E-state index in [4.69, 9.17) is 0 Å². The molecule has 1 saturated heterocycles. The molecule has 2 rings (SSSR count). The van der Waals surface area contributed by atoms with E-state index in [2.05, 4.69) is 11.0 Å². The molecule has 14 heavy (non-hydrogen) atoms. The zero-order valence-corrected chi connectivity index (χ0v) is 9.57. The second-order valence-electron chi connectivity index (χ2n) is 3.25. The van der Waals surface area contributed by atoms with Gasteiger partial charge in [-0.05, 0) is 24.3 Å². The van der Waals surface area contributed by atoms with Crippen molar-refractivity contribution in [3.63, 3.8) is 0 Å². The summed E-state index contributed by atoms with van der Waals surface area (Å²) in [4.78, 5) is 13.8. The van der Waals surface area contributed by atoms with Gasteiger partial charge in [0, 0.05) is 18.8 Å². The first-order valence-electron chi connectivity index (χ1n) is 4.78. The maximum atomic E-state index is 10.6. The number of thiophene rings is 1. The van der Waals surface area contributed by atoms with E-state index in [9.17, 15) is 4.79 Å². The van der Waals surface area contributed by atoms with Gasteiger partial charge in [0.1, 0.15) is 0 Å². The highest BCUT2D eigenvalue weighted by Crippen LogP contribution is 2.26. The number of hydrogen-bond acceptors (Lipinski definition) is 4. The van der Waals surface area contributed by atoms with Gasteiger partial charge in [-0.25, -0.2) is 0 Å². The first kappa shape index (κ1) is 10.1. The lowest BCUT2D eigenvalue weighted by molar-refractivity contribution is 0.112. The molecule has 0 spiro atoms. The van der Waals surface area contributed by atoms with Crippen molar-refractivity contribution in [1.82, 2.24) is 0 Å². The summed E-state index contributed by atoms with van der Waals surface area (Å²) in [6.07, 6.45) is 2.18. The third kappa shape index (κ3) is 2.30. The average Bonchev–Trinajstić information content (AvgIpc) is 2.53. The fraction of sp³-hybridized carbons (Fsp3) is 0.500. The quantitative estimate of drug-likeness (QED) is 0.724. The van der Waals surface area contributed by atoms with E-state index >= 15 is 0 Å². The fourth-order valence-corrected chi connectivity index (χ4v) is 3.30. The van der Waals surface area contributed by atoms with Crippen molar-refractivity contribution < 1.29 is 4.79 Å². The topological polar surface area (TPSA) is 20.3 Å². The predicted octanol–water partition coefficient (Wildman–Crippen LogP) is 2.50. The molecule has 2 heterocycles. The van der Waals surface area contributed by atoms with Crippen molar-refractivity contribution in [2.75, 3.05) is 29.5 Å². The number of hydrogen-bond donors (Lipinski definition) is 0. The Morgan fingerprint density at radius 2 is 2.21 bits per heavy atom. The van der Waals surface area contributed by atoms with Crippen LogP contribution in [-0.2, 0) is 0 Å². The molecule has 1 aliphatic rings. The Balaban J connectivity index is 2.08. The van der Waals surface area contributed by atoms with Gasteiger partial charge in [-0.15, -0.1) is 11.3 Å². The fourth-order valence-electron chi connectivity index (χ4n) is 1.54. The summed E-state index contributed by atoms with van der Waals surface area (Å²) >= 11 is 3.62. The van der Waals surface area contributed by atoms with Crippen LogP contribution in [-0.4, -0.2) is 30.9 Å². The molecule has 1 aromatic heterocycles. The second-order valence-corrected chi connectivity index (χ2v) is 5.57. The molecule has 0 unspecified atom stereocenters. The Morgan fingerprint density at radius 1 is 1.29 bits per heavy atom. The van der Waals surface area contributed by atoms with Gasteiger partial charge in [-0.3, -0.25) is 4.79 Å². The number of carbonyl (C=O) groups is 1. The number of aldehydes is 1. The summed E-state index contributed by atoms with van der Waals surface area (Å²) in [6, 6.07) is 3.97. The summed E-state index contributed by atoms with van der Waals surface area (Å²) < 4.78 is 0. The monoisotopic (exact) mass is 227 g/mol. The van der Waals surface area contributed by atoms with Crippen molar-refractivity contribution in [3.05, 3.63) is 17.0 Å². The highest BCUT2D eigenvalue weighted by Gasteiger charge is 2.11. The van der Waals surface area contributed by atoms with Crippen molar-refractivity contribution >= 4 is 34.4 Å². The van der Waals surface area contributed by atoms with E-state index < -0.39 is 0 Å². The molecule has 4 heteroatoms. The number of thioether (sulfide) groups is 1. The van der Waals surface area contributed by atoms with Crippen LogP contribution in [0.4, 0.5) is 5.00 Å². The third-order valence-corrected chi connectivity index (χ3v) is 4.38. The number of carbonyl (C=O) groups excluding carboxylic acids is 1. The summed E-state index contributed by atoms with van der Waals surface area (Å²) in [5, 5.41) is 1.25. The van der Waals surface area contributed by atoms with Crippen molar-refractivity contribution in [3.8, 4) is 0 Å². The maximum Gasteiger partial charge on any atom is 0.160 e. The van der Waals surface area contributed by atoms with Gasteiger partial charge in [0.05, 0.1) is 9.88 Å². The molecule has 1 aliphatic heterocycles. The van der Waals surface area contributed by atoms with E-state index in [1.54, 1.807) is 11.3 Å². The van der Waals surface area contributed by atoms with Gasteiger partial charge in [-0.2, -0.15) is 11.8 Å². The van der Waals surface area contributed by atoms with Crippen LogP contribution in [0, 0.1) is 0 Å². The standard InChI is InChI=1S/C10H13NOS2/c12-8-9-2-3-10(14-9)11-4-1-6-13-7-5-11/h2-3,8H,1,4-7H2. The minimum Gasteiger partial charge on any atom is -0.363 e. The third-order valence-electron chi connectivity index (χ3n) is 2.26. The first-order valence-corrected chi connectivity index (χ1v) is 6.75. The molecule has 2 nitrogen and oxygen atoms in total. The Labute approximate surface area is 92.3 Å². The summed E-state index contributed by atoms with van der Waals surface area (Å²) in [7, 11) is 0. The Morgan fingerprint density at radius 3 is 3.00 bits per heavy atom. The normalized spacial score (nSPS) is 17.9. The Kier molecular flexibility index (Phi) is 3.48. The van der Waals surface area contributed by atoms with Crippen molar-refractivity contribution in [2.24, 2.45) is 0 Å². The van der Waals surface area contributed by atoms with Gasteiger partial charge >= 0.3 is 0 Å². The Hall–Kier alpha value is -0.480. The van der Waals surface area contributed by atoms with Gasteiger partial charge in [0.15, 0.2) is 6.29 Å². The second kappa shape index (κ2) is 4.84. The molecule has 0 saturated carbocycles. The minimum atomic E-state index is 0.830. The lowest BCUT2D eigenvalue weighted by atomic mass is 10.4. The molecule has 0 aromatic carbocycles. The van der Waals surface area contributed by atoms with Crippen molar-refractivity contribution in [2.45, 2.75) is 6.42 Å². The minimum absolute atomic E-state index is 0.830. The van der Waals surface area contributed by atoms with E-state index in [0.717, 1.165) is 24.3 Å². The highest BCUT2D eigenvalue weighted by atomic mass is 32.2. The zero-order valence-electron chi connectivity index (χ0n) is 7.94. The molecule has 0 amide bonds. The van der Waals surface area contributed by atoms with Crippen LogP contribution in [0.3, 0.4) is 0 Å². The molecular formula is C10H13NOS2. The van der Waals surface area contributed by atoms with E-state index in [-0.39, 0.29) is 0 Å². The van der Waals surface area contributed by atoms with Gasteiger partial charge in [0.2, 0.25) is 0 Å². The number of rotatable bonds is 2. The average molecular weight is 227 g/mol. The van der Waals surface area contributed by atoms with Crippen molar-refractivity contribution in [1.29, 1.82) is 0 Å². The molecule has 0 bridgehead atoms. The summed E-state index contributed by atoms with van der Waals surface area (Å²) in [5.41, 5.74) is 0. The van der Waals surface area contributed by atoms with Crippen LogP contribution >= 0.6 is 23.1 Å². The molecule has 0 aliphatic carbocycles. The van der Waals surface area contributed by atoms with E-state index in [1.807, 2.05) is 17.8 Å². The molecule has 0 atom stereocenters. The van der Waals surface area contributed by atoms with Crippen LogP contribution < -0.4 is 4.90 Å². The molecule has 0 radical (unpaired) electrons. The van der Waals surface area contributed by atoms with Gasteiger partial charge in [-0.1, -0.05) is 0 Å². The zero-order chi connectivity index (χ0) is 9.80. The largest absolute Gasteiger partial charge is 0.363 e. The summed E-state index contributed by atoms with van der Waals surface area (Å²) in [6.45, 7) is 2.25. The summed E-state index contributed by atoms with van der Waals surface area (Å²) in [5.74, 6) is 2.47. The van der Waals surface area contributed by atoms with E-state index in [1.165, 1.54) is 22.9 Å². The van der Waals surface area contributed by atoms with Crippen LogP contribution in [0.2, 0.25) is 0 Å². The molecule has 1 aromatic rings. The smallest absolute Gasteiger partial charge is 0.160 e. The lowest BCUT2D eigenvalue weighted by Gasteiger charge is -2.19. The Bertz CT molecular complexity index is 303. The highest BCUT2D eigenvalue weighted by molar-refractivity contribution is 7.99. The molecular weight excluding hydrogens is 214 g/mol. The lowest BCUT2D eigenvalue weighted by Crippen LogP contribution is -2.24. The van der Waals surface area contributed by atoms with Gasteiger partial charge in [0.25, 0.3) is 0 Å². The van der Waals surface area contributed by atoms with Crippen LogP contribution in [0.25, 0.3) is 0 Å². The maximum absolute atomic E-state index is 10.6. The first-order chi connectivity index (χ1) is 6.90. The molecule has 1 fully saturated rings. The molecule has 76 valence electrons. The van der Waals surface area contributed by atoms with E-state index in [0.29, 0.717) is 0 Å². The van der Waals surface area contributed by atoms with Crippen LogP contribution in [0.15, 0.2) is 12.1 Å². The SMILES string of the molecule is O=Cc1ccc(N2CCCSCC2)s1. The van der Waals surface area contributed by atoms with Gasteiger partial charge < -0.3 is 4.90 Å². The number of nitrogens with zero attached hydrogens (tertiary/aromatic N) is 1. The van der Waals surface area contributed by atoms with Crippen LogP contribution in [0.5, 0.6) is 0 Å². The predicted molar refractivity (Wildman–Crippen MR) is 63.9 cm³/mol. The number of anilines is 1. The molecule has 0 N–H and O–H groups in total.